The van der Waals surface area contributed by atoms with Crippen molar-refractivity contribution in [1.29, 1.82) is 0 Å². The van der Waals surface area contributed by atoms with E-state index in [1.54, 1.807) is 7.11 Å². The highest BCUT2D eigenvalue weighted by molar-refractivity contribution is 5.78. The van der Waals surface area contributed by atoms with Crippen molar-refractivity contribution < 1.29 is 14.1 Å². The lowest BCUT2D eigenvalue weighted by Gasteiger charge is -2.18. The van der Waals surface area contributed by atoms with Crippen LogP contribution in [0.15, 0.2) is 28.8 Å². The van der Waals surface area contributed by atoms with Gasteiger partial charge < -0.3 is 14.6 Å². The Morgan fingerprint density at radius 1 is 1.42 bits per heavy atom. The van der Waals surface area contributed by atoms with Crippen LogP contribution >= 0.6 is 0 Å². The van der Waals surface area contributed by atoms with E-state index < -0.39 is 0 Å². The molecule has 0 saturated heterocycles. The molecule has 0 radical (unpaired) electrons. The maximum atomic E-state index is 11.9. The first kappa shape index (κ1) is 17.9. The van der Waals surface area contributed by atoms with Gasteiger partial charge in [0.05, 0.1) is 20.2 Å². The summed E-state index contributed by atoms with van der Waals surface area (Å²) in [6.45, 7) is 7.30. The summed E-state index contributed by atoms with van der Waals surface area (Å²) in [5.74, 6) is 1.71. The number of amides is 1. The molecule has 0 fully saturated rings. The minimum Gasteiger partial charge on any atom is -0.497 e. The van der Waals surface area contributed by atoms with Crippen LogP contribution in [0.4, 0.5) is 0 Å². The molecule has 130 valence electrons. The number of hydrogen-bond acceptors (Lipinski definition) is 6. The molecule has 0 spiro atoms. The highest BCUT2D eigenvalue weighted by atomic mass is 16.5. The number of methoxy groups -OCH3 is 1. The molecule has 1 amide bonds. The van der Waals surface area contributed by atoms with E-state index in [-0.39, 0.29) is 11.9 Å². The average Bonchev–Trinajstić information content (AvgIpc) is 3.02. The third-order valence-electron chi connectivity index (χ3n) is 3.42. The summed E-state index contributed by atoms with van der Waals surface area (Å²) in [7, 11) is 1.61. The molecule has 1 aromatic heterocycles. The number of benzene rings is 1. The average molecular weight is 332 g/mol. The number of carbonyl (C=O) groups excluding carboxylic acids is 1. The van der Waals surface area contributed by atoms with Crippen LogP contribution in [0.2, 0.25) is 0 Å². The molecule has 0 saturated carbocycles. The summed E-state index contributed by atoms with van der Waals surface area (Å²) in [4.78, 5) is 18.2. The van der Waals surface area contributed by atoms with E-state index in [1.807, 2.05) is 49.9 Å². The van der Waals surface area contributed by atoms with Gasteiger partial charge in [0.2, 0.25) is 17.6 Å². The molecule has 2 rings (SSSR count). The standard InChI is InChI=1S/C17H24N4O3/c1-5-21(10-15(22)18-12(2)3)11-16-19-17(20-24-16)13-7-6-8-14(9-13)23-4/h6-9,12H,5,10-11H2,1-4H3,(H,18,22). The first-order valence-corrected chi connectivity index (χ1v) is 8.00. The number of rotatable bonds is 8. The Morgan fingerprint density at radius 2 is 2.21 bits per heavy atom. The Morgan fingerprint density at radius 3 is 2.88 bits per heavy atom. The van der Waals surface area contributed by atoms with E-state index in [0.717, 1.165) is 11.3 Å². The summed E-state index contributed by atoms with van der Waals surface area (Å²) in [6, 6.07) is 7.60. The van der Waals surface area contributed by atoms with Crippen molar-refractivity contribution in [2.75, 3.05) is 20.2 Å². The second-order valence-electron chi connectivity index (χ2n) is 5.77. The number of carbonyl (C=O) groups is 1. The van der Waals surface area contributed by atoms with Crippen LogP contribution in [0.3, 0.4) is 0 Å². The summed E-state index contributed by atoms with van der Waals surface area (Å²) >= 11 is 0. The lowest BCUT2D eigenvalue weighted by Crippen LogP contribution is -2.39. The van der Waals surface area contributed by atoms with Crippen molar-refractivity contribution in [3.05, 3.63) is 30.2 Å². The van der Waals surface area contributed by atoms with Gasteiger partial charge in [0.1, 0.15) is 5.75 Å². The predicted molar refractivity (Wildman–Crippen MR) is 90.5 cm³/mol. The first-order valence-electron chi connectivity index (χ1n) is 8.00. The number of aromatic nitrogens is 2. The van der Waals surface area contributed by atoms with Crippen LogP contribution in [-0.4, -0.2) is 47.2 Å². The molecule has 7 heteroatoms. The van der Waals surface area contributed by atoms with E-state index >= 15 is 0 Å². The number of nitrogens with one attached hydrogen (secondary N) is 1. The lowest BCUT2D eigenvalue weighted by atomic mass is 10.2. The minimum atomic E-state index is -0.0145. The number of nitrogens with zero attached hydrogens (tertiary/aromatic N) is 3. The molecule has 0 aliphatic heterocycles. The normalized spacial score (nSPS) is 11.1. The van der Waals surface area contributed by atoms with Gasteiger partial charge in [-0.3, -0.25) is 9.69 Å². The summed E-state index contributed by atoms with van der Waals surface area (Å²) in [6.07, 6.45) is 0. The van der Waals surface area contributed by atoms with Gasteiger partial charge in [0, 0.05) is 11.6 Å². The molecule has 24 heavy (non-hydrogen) atoms. The maximum absolute atomic E-state index is 11.9. The molecule has 2 aromatic rings. The van der Waals surface area contributed by atoms with Gasteiger partial charge in [-0.05, 0) is 32.5 Å². The molecular weight excluding hydrogens is 308 g/mol. The van der Waals surface area contributed by atoms with Gasteiger partial charge in [-0.2, -0.15) is 4.98 Å². The van der Waals surface area contributed by atoms with Crippen LogP contribution in [0, 0.1) is 0 Å². The highest BCUT2D eigenvalue weighted by Crippen LogP contribution is 2.21. The van der Waals surface area contributed by atoms with Crippen molar-refractivity contribution in [3.63, 3.8) is 0 Å². The van der Waals surface area contributed by atoms with Crippen LogP contribution in [0.25, 0.3) is 11.4 Å². The summed E-state index contributed by atoms with van der Waals surface area (Å²) < 4.78 is 10.5. The van der Waals surface area contributed by atoms with E-state index in [9.17, 15) is 4.79 Å². The van der Waals surface area contributed by atoms with Crippen molar-refractivity contribution in [3.8, 4) is 17.1 Å². The largest absolute Gasteiger partial charge is 0.497 e. The molecule has 0 aliphatic carbocycles. The van der Waals surface area contributed by atoms with E-state index in [2.05, 4.69) is 15.5 Å². The number of ether oxygens (including phenoxy) is 1. The number of likely N-dealkylation sites (N-methyl/N-ethyl adjacent to an activating group) is 1. The molecule has 1 N–H and O–H groups in total. The lowest BCUT2D eigenvalue weighted by molar-refractivity contribution is -0.122. The number of hydrogen-bond donors (Lipinski definition) is 1. The zero-order valence-corrected chi connectivity index (χ0v) is 14.6. The second kappa shape index (κ2) is 8.44. The van der Waals surface area contributed by atoms with E-state index in [1.165, 1.54) is 0 Å². The fraction of sp³-hybridized carbons (Fsp3) is 0.471. The van der Waals surface area contributed by atoms with Crippen LogP contribution < -0.4 is 10.1 Å². The summed E-state index contributed by atoms with van der Waals surface area (Å²) in [5.41, 5.74) is 0.824. The van der Waals surface area contributed by atoms with E-state index in [0.29, 0.717) is 31.3 Å². The fourth-order valence-electron chi connectivity index (χ4n) is 2.24. The molecule has 0 bridgehead atoms. The van der Waals surface area contributed by atoms with Crippen molar-refractivity contribution in [2.45, 2.75) is 33.4 Å². The second-order valence-corrected chi connectivity index (χ2v) is 5.77. The van der Waals surface area contributed by atoms with Gasteiger partial charge in [-0.1, -0.05) is 24.2 Å². The fourth-order valence-corrected chi connectivity index (χ4v) is 2.24. The van der Waals surface area contributed by atoms with Gasteiger partial charge >= 0.3 is 0 Å². The Hall–Kier alpha value is -2.41. The van der Waals surface area contributed by atoms with Crippen LogP contribution in [0.1, 0.15) is 26.7 Å². The first-order chi connectivity index (χ1) is 11.5. The van der Waals surface area contributed by atoms with Crippen molar-refractivity contribution >= 4 is 5.91 Å². The monoisotopic (exact) mass is 332 g/mol. The Bertz CT molecular complexity index is 669. The van der Waals surface area contributed by atoms with Crippen LogP contribution in [-0.2, 0) is 11.3 Å². The quantitative estimate of drug-likeness (QED) is 0.797. The van der Waals surface area contributed by atoms with Crippen molar-refractivity contribution in [1.82, 2.24) is 20.4 Å². The third-order valence-corrected chi connectivity index (χ3v) is 3.42. The Kier molecular flexibility index (Phi) is 6.31. The van der Waals surface area contributed by atoms with Gasteiger partial charge in [-0.15, -0.1) is 0 Å². The zero-order valence-electron chi connectivity index (χ0n) is 14.6. The Labute approximate surface area is 142 Å². The summed E-state index contributed by atoms with van der Waals surface area (Å²) in [5, 5.41) is 6.88. The smallest absolute Gasteiger partial charge is 0.241 e. The van der Waals surface area contributed by atoms with E-state index in [4.69, 9.17) is 9.26 Å². The minimum absolute atomic E-state index is 0.0145. The Balaban J connectivity index is 2.02. The van der Waals surface area contributed by atoms with Crippen molar-refractivity contribution in [2.24, 2.45) is 0 Å². The molecule has 7 nitrogen and oxygen atoms in total. The highest BCUT2D eigenvalue weighted by Gasteiger charge is 2.15. The van der Waals surface area contributed by atoms with Gasteiger partial charge in [-0.25, -0.2) is 0 Å². The molecule has 0 aliphatic rings. The van der Waals surface area contributed by atoms with Gasteiger partial charge in [0.15, 0.2) is 0 Å². The molecule has 0 unspecified atom stereocenters. The molecular formula is C17H24N4O3. The molecule has 0 atom stereocenters. The zero-order chi connectivity index (χ0) is 17.5. The molecule has 1 aromatic carbocycles. The SMILES string of the molecule is CCN(CC(=O)NC(C)C)Cc1nc(-c2cccc(OC)c2)no1. The third kappa shape index (κ3) is 5.06. The van der Waals surface area contributed by atoms with Crippen LogP contribution in [0.5, 0.6) is 5.75 Å². The molecule has 1 heterocycles. The topological polar surface area (TPSA) is 80.5 Å². The maximum Gasteiger partial charge on any atom is 0.241 e. The van der Waals surface area contributed by atoms with Gasteiger partial charge in [0.25, 0.3) is 0 Å². The predicted octanol–water partition coefficient (Wildman–Crippen LogP) is 2.09.